The zero-order valence-electron chi connectivity index (χ0n) is 14.1. The number of ether oxygens (including phenoxy) is 1. The van der Waals surface area contributed by atoms with Crippen molar-refractivity contribution in [2.75, 3.05) is 12.4 Å². The van der Waals surface area contributed by atoms with Gasteiger partial charge < -0.3 is 10.1 Å². The quantitative estimate of drug-likeness (QED) is 0.465. The van der Waals surface area contributed by atoms with Gasteiger partial charge in [0.25, 0.3) is 0 Å². The minimum atomic E-state index is 0.719. The van der Waals surface area contributed by atoms with Crippen molar-refractivity contribution in [2.24, 2.45) is 0 Å². The summed E-state index contributed by atoms with van der Waals surface area (Å²) in [5.74, 6) is 1.53. The minimum absolute atomic E-state index is 0.719. The van der Waals surface area contributed by atoms with Crippen LogP contribution in [0, 0.1) is 0 Å². The zero-order valence-corrected chi connectivity index (χ0v) is 15.7. The van der Waals surface area contributed by atoms with Crippen LogP contribution in [0.4, 0.5) is 11.5 Å². The van der Waals surface area contributed by atoms with E-state index in [2.05, 4.69) is 21.2 Å². The van der Waals surface area contributed by atoms with Gasteiger partial charge in [-0.25, -0.2) is 9.97 Å². The topological polar surface area (TPSA) is 47.0 Å². The maximum absolute atomic E-state index is 5.26. The number of fused-ring (bicyclic) bond motifs is 1. The molecule has 0 aliphatic carbocycles. The molecule has 0 atom stereocenters. The van der Waals surface area contributed by atoms with Gasteiger partial charge in [-0.2, -0.15) is 0 Å². The van der Waals surface area contributed by atoms with Crippen LogP contribution in [0.2, 0.25) is 0 Å². The third kappa shape index (κ3) is 3.39. The molecule has 0 amide bonds. The highest BCUT2D eigenvalue weighted by atomic mass is 79.9. The van der Waals surface area contributed by atoms with Crippen LogP contribution < -0.4 is 10.1 Å². The number of methoxy groups -OCH3 is 1. The molecule has 128 valence electrons. The molecule has 0 radical (unpaired) electrons. The molecule has 4 nitrogen and oxygen atoms in total. The number of hydrogen-bond donors (Lipinski definition) is 1. The van der Waals surface area contributed by atoms with Crippen molar-refractivity contribution in [3.8, 4) is 17.0 Å². The number of benzene rings is 3. The first-order valence-corrected chi connectivity index (χ1v) is 8.96. The molecule has 0 bridgehead atoms. The standard InChI is InChI=1S/C21H16BrN3O/c1-26-17-12-6-14(7-13-17)20-21(23-16-10-8-15(22)9-11-16)25-19-5-3-2-4-18(19)24-20/h2-13H,1H3,(H,23,25). The Morgan fingerprint density at radius 3 is 2.12 bits per heavy atom. The van der Waals surface area contributed by atoms with Gasteiger partial charge in [0.15, 0.2) is 5.82 Å². The summed E-state index contributed by atoms with van der Waals surface area (Å²) in [4.78, 5) is 9.63. The molecule has 4 aromatic rings. The summed E-state index contributed by atoms with van der Waals surface area (Å²) in [5, 5.41) is 3.39. The molecular weight excluding hydrogens is 390 g/mol. The van der Waals surface area contributed by atoms with E-state index in [1.54, 1.807) is 7.11 Å². The molecule has 1 aromatic heterocycles. The van der Waals surface area contributed by atoms with Crippen LogP contribution in [-0.4, -0.2) is 17.1 Å². The number of rotatable bonds is 4. The molecule has 0 saturated carbocycles. The van der Waals surface area contributed by atoms with Gasteiger partial charge in [-0.15, -0.1) is 0 Å². The summed E-state index contributed by atoms with van der Waals surface area (Å²) < 4.78 is 6.29. The van der Waals surface area contributed by atoms with Crippen molar-refractivity contribution in [3.63, 3.8) is 0 Å². The average molecular weight is 406 g/mol. The van der Waals surface area contributed by atoms with Gasteiger partial charge in [0.2, 0.25) is 0 Å². The Morgan fingerprint density at radius 1 is 0.808 bits per heavy atom. The fraction of sp³-hybridized carbons (Fsp3) is 0.0476. The van der Waals surface area contributed by atoms with Crippen molar-refractivity contribution < 1.29 is 4.74 Å². The van der Waals surface area contributed by atoms with Crippen molar-refractivity contribution in [2.45, 2.75) is 0 Å². The highest BCUT2D eigenvalue weighted by Gasteiger charge is 2.12. The van der Waals surface area contributed by atoms with Gasteiger partial charge in [-0.05, 0) is 60.7 Å². The molecular formula is C21H16BrN3O. The third-order valence-corrected chi connectivity index (χ3v) is 4.57. The number of nitrogens with zero attached hydrogens (tertiary/aromatic N) is 2. The molecule has 0 unspecified atom stereocenters. The molecule has 4 rings (SSSR count). The summed E-state index contributed by atoms with van der Waals surface area (Å²) in [7, 11) is 1.66. The second-order valence-electron chi connectivity index (χ2n) is 5.77. The fourth-order valence-corrected chi connectivity index (χ4v) is 2.97. The number of para-hydroxylation sites is 2. The maximum atomic E-state index is 5.26. The molecule has 26 heavy (non-hydrogen) atoms. The lowest BCUT2D eigenvalue weighted by Gasteiger charge is -2.12. The number of nitrogens with one attached hydrogen (secondary N) is 1. The van der Waals surface area contributed by atoms with E-state index < -0.39 is 0 Å². The minimum Gasteiger partial charge on any atom is -0.497 e. The lowest BCUT2D eigenvalue weighted by molar-refractivity contribution is 0.415. The van der Waals surface area contributed by atoms with Crippen LogP contribution in [0.5, 0.6) is 5.75 Å². The number of hydrogen-bond acceptors (Lipinski definition) is 4. The smallest absolute Gasteiger partial charge is 0.157 e. The predicted octanol–water partition coefficient (Wildman–Crippen LogP) is 5.81. The Balaban J connectivity index is 1.83. The first-order chi connectivity index (χ1) is 12.7. The molecule has 0 spiro atoms. The Labute approximate surface area is 160 Å². The van der Waals surface area contributed by atoms with Crippen molar-refractivity contribution in [1.82, 2.24) is 9.97 Å². The highest BCUT2D eigenvalue weighted by molar-refractivity contribution is 9.10. The molecule has 0 fully saturated rings. The van der Waals surface area contributed by atoms with Crippen LogP contribution in [0.3, 0.4) is 0 Å². The van der Waals surface area contributed by atoms with E-state index in [1.165, 1.54) is 0 Å². The average Bonchev–Trinajstić information content (AvgIpc) is 2.69. The second-order valence-corrected chi connectivity index (χ2v) is 6.69. The maximum Gasteiger partial charge on any atom is 0.157 e. The first kappa shape index (κ1) is 16.5. The summed E-state index contributed by atoms with van der Waals surface area (Å²) in [6.07, 6.45) is 0. The van der Waals surface area contributed by atoms with E-state index in [4.69, 9.17) is 14.7 Å². The normalized spacial score (nSPS) is 10.7. The van der Waals surface area contributed by atoms with Gasteiger partial charge in [-0.1, -0.05) is 28.1 Å². The van der Waals surface area contributed by atoms with Gasteiger partial charge >= 0.3 is 0 Å². The summed E-state index contributed by atoms with van der Waals surface area (Å²) in [6, 6.07) is 23.7. The number of aromatic nitrogens is 2. The second kappa shape index (κ2) is 7.14. The first-order valence-electron chi connectivity index (χ1n) is 8.17. The molecule has 0 aliphatic rings. The third-order valence-electron chi connectivity index (χ3n) is 4.04. The van der Waals surface area contributed by atoms with E-state index in [0.29, 0.717) is 0 Å². The SMILES string of the molecule is COc1ccc(-c2nc3ccccc3nc2Nc2ccc(Br)cc2)cc1. The van der Waals surface area contributed by atoms with Crippen LogP contribution >= 0.6 is 15.9 Å². The Kier molecular flexibility index (Phi) is 4.54. The summed E-state index contributed by atoms with van der Waals surface area (Å²) >= 11 is 3.46. The predicted molar refractivity (Wildman–Crippen MR) is 109 cm³/mol. The lowest BCUT2D eigenvalue weighted by Crippen LogP contribution is -2.00. The van der Waals surface area contributed by atoms with Gasteiger partial charge in [0, 0.05) is 15.7 Å². The molecule has 5 heteroatoms. The molecule has 0 saturated heterocycles. The molecule has 1 heterocycles. The summed E-state index contributed by atoms with van der Waals surface area (Å²) in [5.41, 5.74) is 4.44. The molecule has 3 aromatic carbocycles. The van der Waals surface area contributed by atoms with Crippen LogP contribution in [-0.2, 0) is 0 Å². The summed E-state index contributed by atoms with van der Waals surface area (Å²) in [6.45, 7) is 0. The van der Waals surface area contributed by atoms with Crippen molar-refractivity contribution >= 4 is 38.5 Å². The van der Waals surface area contributed by atoms with E-state index in [9.17, 15) is 0 Å². The van der Waals surface area contributed by atoms with E-state index >= 15 is 0 Å². The fourth-order valence-electron chi connectivity index (χ4n) is 2.71. The number of halogens is 1. The Morgan fingerprint density at radius 2 is 1.46 bits per heavy atom. The van der Waals surface area contributed by atoms with Crippen LogP contribution in [0.15, 0.2) is 77.3 Å². The van der Waals surface area contributed by atoms with Crippen molar-refractivity contribution in [1.29, 1.82) is 0 Å². The van der Waals surface area contributed by atoms with Gasteiger partial charge in [0.1, 0.15) is 11.4 Å². The Hall–Kier alpha value is -2.92. The van der Waals surface area contributed by atoms with E-state index in [-0.39, 0.29) is 0 Å². The molecule has 1 N–H and O–H groups in total. The van der Waals surface area contributed by atoms with Crippen LogP contribution in [0.25, 0.3) is 22.3 Å². The highest BCUT2D eigenvalue weighted by Crippen LogP contribution is 2.30. The lowest BCUT2D eigenvalue weighted by atomic mass is 10.1. The Bertz CT molecular complexity index is 1050. The molecule has 0 aliphatic heterocycles. The van der Waals surface area contributed by atoms with E-state index in [1.807, 2.05) is 72.8 Å². The van der Waals surface area contributed by atoms with Gasteiger partial charge in [-0.3, -0.25) is 0 Å². The van der Waals surface area contributed by atoms with E-state index in [0.717, 1.165) is 44.0 Å². The van der Waals surface area contributed by atoms with Crippen molar-refractivity contribution in [3.05, 3.63) is 77.3 Å². The largest absolute Gasteiger partial charge is 0.497 e. The van der Waals surface area contributed by atoms with Crippen LogP contribution in [0.1, 0.15) is 0 Å². The number of anilines is 2. The van der Waals surface area contributed by atoms with Gasteiger partial charge in [0.05, 0.1) is 18.1 Å². The zero-order chi connectivity index (χ0) is 17.9. The monoisotopic (exact) mass is 405 g/mol.